The molecule has 2 heterocycles. The smallest absolute Gasteiger partial charge is 0.269 e. The van der Waals surface area contributed by atoms with Gasteiger partial charge in [0.05, 0.1) is 24.0 Å². The molecule has 0 spiro atoms. The summed E-state index contributed by atoms with van der Waals surface area (Å²) in [5.41, 5.74) is 3.47. The topological polar surface area (TPSA) is 87.9 Å². The highest BCUT2D eigenvalue weighted by atomic mass is 19.1. The third kappa shape index (κ3) is 4.68. The lowest BCUT2D eigenvalue weighted by molar-refractivity contribution is -0.384. The van der Waals surface area contributed by atoms with Crippen LogP contribution in [-0.4, -0.2) is 43.6 Å². The molecule has 2 unspecified atom stereocenters. The van der Waals surface area contributed by atoms with Crippen LogP contribution in [0.15, 0.2) is 66.7 Å². The Balaban J connectivity index is 1.42. The number of hydrogen-bond donors (Lipinski definition) is 1. The molecule has 5 rings (SSSR count). The molecular formula is C27H27FN4O4. The maximum Gasteiger partial charge on any atom is 0.269 e. The van der Waals surface area contributed by atoms with Crippen LogP contribution in [-0.2, 0) is 17.8 Å². The van der Waals surface area contributed by atoms with Gasteiger partial charge in [-0.1, -0.05) is 12.1 Å². The molecule has 0 saturated carbocycles. The van der Waals surface area contributed by atoms with Gasteiger partial charge in [-0.3, -0.25) is 14.9 Å². The molecule has 36 heavy (non-hydrogen) atoms. The predicted molar refractivity (Wildman–Crippen MR) is 135 cm³/mol. The molecule has 2 aliphatic rings. The number of nitrogens with one attached hydrogen (secondary N) is 1. The average Bonchev–Trinajstić information content (AvgIpc) is 2.90. The normalized spacial score (nSPS) is 18.7. The second kappa shape index (κ2) is 9.85. The van der Waals surface area contributed by atoms with Gasteiger partial charge in [-0.2, -0.15) is 0 Å². The minimum atomic E-state index is -0.422. The number of carbonyl (C=O) groups is 1. The van der Waals surface area contributed by atoms with Crippen molar-refractivity contribution in [1.29, 1.82) is 0 Å². The van der Waals surface area contributed by atoms with Gasteiger partial charge in [0.1, 0.15) is 11.6 Å². The van der Waals surface area contributed by atoms with Gasteiger partial charge >= 0.3 is 0 Å². The number of amides is 1. The number of ether oxygens (including phenoxy) is 1. The Labute approximate surface area is 208 Å². The second-order valence-electron chi connectivity index (χ2n) is 9.13. The van der Waals surface area contributed by atoms with Crippen LogP contribution in [0.5, 0.6) is 5.75 Å². The monoisotopic (exact) mass is 490 g/mol. The van der Waals surface area contributed by atoms with Crippen molar-refractivity contribution in [3.05, 3.63) is 93.8 Å². The first-order valence-electron chi connectivity index (χ1n) is 11.9. The van der Waals surface area contributed by atoms with Gasteiger partial charge in [-0.15, -0.1) is 0 Å². The van der Waals surface area contributed by atoms with Gasteiger partial charge in [0.15, 0.2) is 0 Å². The molecule has 1 N–H and O–H groups in total. The summed E-state index contributed by atoms with van der Waals surface area (Å²) in [7, 11) is 1.63. The second-order valence-corrected chi connectivity index (χ2v) is 9.13. The van der Waals surface area contributed by atoms with Crippen molar-refractivity contribution in [3.63, 3.8) is 0 Å². The molecule has 1 amide bonds. The summed E-state index contributed by atoms with van der Waals surface area (Å²) in [5.74, 6) is -0.147. The molecule has 1 fully saturated rings. The van der Waals surface area contributed by atoms with Crippen molar-refractivity contribution in [2.75, 3.05) is 36.5 Å². The van der Waals surface area contributed by atoms with Crippen LogP contribution in [0.3, 0.4) is 0 Å². The van der Waals surface area contributed by atoms with E-state index in [1.165, 1.54) is 18.2 Å². The van der Waals surface area contributed by atoms with E-state index in [0.29, 0.717) is 25.1 Å². The molecule has 0 bridgehead atoms. The van der Waals surface area contributed by atoms with Gasteiger partial charge in [0.25, 0.3) is 5.69 Å². The van der Waals surface area contributed by atoms with E-state index in [-0.39, 0.29) is 30.0 Å². The number of carbonyl (C=O) groups excluding carboxylic acids is 1. The Bertz CT molecular complexity index is 1280. The predicted octanol–water partition coefficient (Wildman–Crippen LogP) is 3.93. The van der Waals surface area contributed by atoms with E-state index < -0.39 is 10.8 Å². The first kappa shape index (κ1) is 23.6. The van der Waals surface area contributed by atoms with Crippen molar-refractivity contribution in [1.82, 2.24) is 5.32 Å². The van der Waals surface area contributed by atoms with Crippen LogP contribution in [0, 0.1) is 21.8 Å². The van der Waals surface area contributed by atoms with E-state index in [9.17, 15) is 19.3 Å². The molecule has 9 heteroatoms. The highest BCUT2D eigenvalue weighted by molar-refractivity contribution is 5.82. The summed E-state index contributed by atoms with van der Waals surface area (Å²) in [6, 6.07) is 18.8. The number of rotatable bonds is 6. The van der Waals surface area contributed by atoms with Crippen LogP contribution in [0.4, 0.5) is 21.5 Å². The molecule has 3 aromatic carbocycles. The minimum Gasteiger partial charge on any atom is -0.497 e. The summed E-state index contributed by atoms with van der Waals surface area (Å²) >= 11 is 0. The van der Waals surface area contributed by atoms with Crippen molar-refractivity contribution in [2.45, 2.75) is 19.0 Å². The zero-order chi connectivity index (χ0) is 25.2. The Morgan fingerprint density at radius 1 is 1.14 bits per heavy atom. The average molecular weight is 491 g/mol. The summed E-state index contributed by atoms with van der Waals surface area (Å²) in [6.07, 6.45) is 0.392. The van der Waals surface area contributed by atoms with Crippen LogP contribution in [0.2, 0.25) is 0 Å². The van der Waals surface area contributed by atoms with E-state index in [1.807, 2.05) is 24.3 Å². The van der Waals surface area contributed by atoms with Crippen LogP contribution >= 0.6 is 0 Å². The number of methoxy groups -OCH3 is 1. The highest BCUT2D eigenvalue weighted by Gasteiger charge is 2.42. The minimum absolute atomic E-state index is 0.0167. The SMILES string of the molecule is COc1ccc(N2CCN3c4ccc([N+](=O)[O-])cc4CC(C(=O)NCc4cccc(F)c4)C3C2)cc1. The summed E-state index contributed by atoms with van der Waals surface area (Å²) in [6.45, 7) is 2.26. The number of fused-ring (bicyclic) bond motifs is 3. The molecule has 3 aromatic rings. The van der Waals surface area contributed by atoms with E-state index in [1.54, 1.807) is 31.4 Å². The molecule has 1 saturated heterocycles. The first-order valence-corrected chi connectivity index (χ1v) is 11.9. The zero-order valence-corrected chi connectivity index (χ0v) is 19.9. The van der Waals surface area contributed by atoms with Crippen LogP contribution in [0.25, 0.3) is 0 Å². The maximum atomic E-state index is 13.6. The van der Waals surface area contributed by atoms with E-state index in [0.717, 1.165) is 29.2 Å². The zero-order valence-electron chi connectivity index (χ0n) is 19.9. The molecule has 0 radical (unpaired) electrons. The Morgan fingerprint density at radius 2 is 1.94 bits per heavy atom. The fourth-order valence-corrected chi connectivity index (χ4v) is 5.22. The molecule has 0 aliphatic carbocycles. The molecular weight excluding hydrogens is 463 g/mol. The summed E-state index contributed by atoms with van der Waals surface area (Å²) < 4.78 is 18.9. The maximum absolute atomic E-state index is 13.6. The number of nitro groups is 1. The Hall–Kier alpha value is -4.14. The van der Waals surface area contributed by atoms with Crippen molar-refractivity contribution >= 4 is 23.0 Å². The van der Waals surface area contributed by atoms with E-state index in [2.05, 4.69) is 15.1 Å². The highest BCUT2D eigenvalue weighted by Crippen LogP contribution is 2.38. The third-order valence-electron chi connectivity index (χ3n) is 7.04. The fourth-order valence-electron chi connectivity index (χ4n) is 5.22. The number of nitrogens with zero attached hydrogens (tertiary/aromatic N) is 3. The van der Waals surface area contributed by atoms with Gasteiger partial charge in [0, 0.05) is 49.7 Å². The molecule has 8 nitrogen and oxygen atoms in total. The molecule has 2 aliphatic heterocycles. The van der Waals surface area contributed by atoms with Crippen molar-refractivity contribution < 1.29 is 18.8 Å². The number of piperazine rings is 1. The molecule has 2 atom stereocenters. The van der Waals surface area contributed by atoms with Gasteiger partial charge in [0.2, 0.25) is 5.91 Å². The van der Waals surface area contributed by atoms with Gasteiger partial charge < -0.3 is 19.9 Å². The first-order chi connectivity index (χ1) is 17.4. The number of non-ortho nitro benzene ring substituents is 1. The molecule has 0 aromatic heterocycles. The van der Waals surface area contributed by atoms with Crippen LogP contribution in [0.1, 0.15) is 11.1 Å². The summed E-state index contributed by atoms with van der Waals surface area (Å²) in [4.78, 5) is 28.9. The standard InChI is InChI=1S/C27H27FN4O4/c1-36-23-8-5-21(6-9-23)30-11-12-31-25-10-7-22(32(34)35)14-19(25)15-24(26(31)17-30)27(33)29-16-18-3-2-4-20(28)13-18/h2-10,13-14,24,26H,11-12,15-17H2,1H3,(H,29,33). The lowest BCUT2D eigenvalue weighted by Gasteiger charge is -2.49. The van der Waals surface area contributed by atoms with Gasteiger partial charge in [-0.25, -0.2) is 4.39 Å². The number of halogens is 1. The van der Waals surface area contributed by atoms with Crippen LogP contribution < -0.4 is 19.9 Å². The van der Waals surface area contributed by atoms with E-state index in [4.69, 9.17) is 4.74 Å². The van der Waals surface area contributed by atoms with Crippen molar-refractivity contribution in [2.24, 2.45) is 5.92 Å². The quantitative estimate of drug-likeness (QED) is 0.416. The third-order valence-corrected chi connectivity index (χ3v) is 7.04. The Kier molecular flexibility index (Phi) is 6.45. The lowest BCUT2D eigenvalue weighted by Crippen LogP contribution is -2.61. The number of anilines is 2. The number of hydrogen-bond acceptors (Lipinski definition) is 6. The largest absolute Gasteiger partial charge is 0.497 e. The van der Waals surface area contributed by atoms with E-state index >= 15 is 0 Å². The number of benzene rings is 3. The number of nitro benzene ring substituents is 1. The fraction of sp³-hybridized carbons (Fsp3) is 0.296. The molecule has 186 valence electrons. The lowest BCUT2D eigenvalue weighted by atomic mass is 9.83. The summed E-state index contributed by atoms with van der Waals surface area (Å²) in [5, 5.41) is 14.3. The Morgan fingerprint density at radius 3 is 2.67 bits per heavy atom. The van der Waals surface area contributed by atoms with Crippen molar-refractivity contribution in [3.8, 4) is 5.75 Å². The van der Waals surface area contributed by atoms with Gasteiger partial charge in [-0.05, 0) is 60.0 Å².